The summed E-state index contributed by atoms with van der Waals surface area (Å²) in [4.78, 5) is 14.2. The molecule has 1 fully saturated rings. The minimum absolute atomic E-state index is 0.152. The fourth-order valence-corrected chi connectivity index (χ4v) is 4.39. The van der Waals surface area contributed by atoms with Crippen molar-refractivity contribution in [3.05, 3.63) is 17.0 Å². The molecule has 0 bridgehead atoms. The fourth-order valence-electron chi connectivity index (χ4n) is 2.78. The van der Waals surface area contributed by atoms with Gasteiger partial charge in [-0.1, -0.05) is 19.0 Å². The Bertz CT molecular complexity index is 639. The number of aryl methyl sites for hydroxylation is 2. The first-order chi connectivity index (χ1) is 10.8. The van der Waals surface area contributed by atoms with Gasteiger partial charge >= 0.3 is 0 Å². The SMILES string of the molecule is CCN(CC)S(=O)(=O)N1CCN(C(=O)c2c(C)noc2C)CC1. The van der Waals surface area contributed by atoms with E-state index < -0.39 is 10.2 Å². The summed E-state index contributed by atoms with van der Waals surface area (Å²) in [6.45, 7) is 9.28. The lowest BCUT2D eigenvalue weighted by Gasteiger charge is -2.36. The van der Waals surface area contributed by atoms with E-state index in [2.05, 4.69) is 5.16 Å². The van der Waals surface area contributed by atoms with Gasteiger partial charge in [0.2, 0.25) is 0 Å². The Labute approximate surface area is 137 Å². The molecule has 130 valence electrons. The maximum atomic E-state index is 12.6. The van der Waals surface area contributed by atoms with Crippen LogP contribution in [0.1, 0.15) is 35.7 Å². The number of carbonyl (C=O) groups is 1. The Balaban J connectivity index is 2.06. The first-order valence-corrected chi connectivity index (χ1v) is 9.20. The number of nitrogens with zero attached hydrogens (tertiary/aromatic N) is 4. The number of aromatic nitrogens is 1. The molecule has 1 aromatic rings. The number of hydrogen-bond donors (Lipinski definition) is 0. The maximum Gasteiger partial charge on any atom is 0.282 e. The van der Waals surface area contributed by atoms with E-state index in [1.807, 2.05) is 13.8 Å². The molecule has 1 amide bonds. The summed E-state index contributed by atoms with van der Waals surface area (Å²) in [5, 5.41) is 3.80. The summed E-state index contributed by atoms with van der Waals surface area (Å²) in [6, 6.07) is 0. The molecule has 9 heteroatoms. The van der Waals surface area contributed by atoms with Gasteiger partial charge in [-0.3, -0.25) is 4.79 Å². The lowest BCUT2D eigenvalue weighted by molar-refractivity contribution is 0.0692. The molecular weight excluding hydrogens is 320 g/mol. The van der Waals surface area contributed by atoms with E-state index in [0.29, 0.717) is 56.3 Å². The molecule has 23 heavy (non-hydrogen) atoms. The highest BCUT2D eigenvalue weighted by atomic mass is 32.2. The molecule has 0 spiro atoms. The highest BCUT2D eigenvalue weighted by Gasteiger charge is 2.33. The molecule has 2 rings (SSSR count). The quantitative estimate of drug-likeness (QED) is 0.782. The van der Waals surface area contributed by atoms with E-state index in [9.17, 15) is 13.2 Å². The Morgan fingerprint density at radius 3 is 2.17 bits per heavy atom. The summed E-state index contributed by atoms with van der Waals surface area (Å²) in [7, 11) is -3.45. The van der Waals surface area contributed by atoms with Crippen LogP contribution in [0.5, 0.6) is 0 Å². The second-order valence-corrected chi connectivity index (χ2v) is 7.41. The molecule has 1 saturated heterocycles. The minimum Gasteiger partial charge on any atom is -0.361 e. The van der Waals surface area contributed by atoms with Gasteiger partial charge in [-0.15, -0.1) is 0 Å². The van der Waals surface area contributed by atoms with E-state index in [-0.39, 0.29) is 5.91 Å². The zero-order valence-electron chi connectivity index (χ0n) is 14.1. The van der Waals surface area contributed by atoms with Crippen LogP contribution in [-0.4, -0.2) is 72.3 Å². The van der Waals surface area contributed by atoms with Crippen LogP contribution in [0.4, 0.5) is 0 Å². The molecule has 0 atom stereocenters. The Hall–Kier alpha value is -1.45. The monoisotopic (exact) mass is 344 g/mol. The van der Waals surface area contributed by atoms with Crippen LogP contribution in [0.3, 0.4) is 0 Å². The molecule has 0 unspecified atom stereocenters. The van der Waals surface area contributed by atoms with Crippen LogP contribution in [0.15, 0.2) is 4.52 Å². The van der Waals surface area contributed by atoms with Crippen LogP contribution in [-0.2, 0) is 10.2 Å². The smallest absolute Gasteiger partial charge is 0.282 e. The minimum atomic E-state index is -3.45. The van der Waals surface area contributed by atoms with Crippen molar-refractivity contribution in [2.45, 2.75) is 27.7 Å². The lowest BCUT2D eigenvalue weighted by atomic mass is 10.1. The first-order valence-electron chi connectivity index (χ1n) is 7.80. The molecule has 0 radical (unpaired) electrons. The summed E-state index contributed by atoms with van der Waals surface area (Å²) in [6.07, 6.45) is 0. The Morgan fingerprint density at radius 2 is 1.74 bits per heavy atom. The van der Waals surface area contributed by atoms with E-state index in [1.165, 1.54) is 8.61 Å². The fraction of sp³-hybridized carbons (Fsp3) is 0.714. The molecule has 0 aliphatic carbocycles. The average Bonchev–Trinajstić information content (AvgIpc) is 2.86. The van der Waals surface area contributed by atoms with Gasteiger partial charge in [-0.05, 0) is 13.8 Å². The summed E-state index contributed by atoms with van der Waals surface area (Å²) < 4.78 is 32.9. The van der Waals surface area contributed by atoms with E-state index in [1.54, 1.807) is 18.7 Å². The van der Waals surface area contributed by atoms with Gasteiger partial charge in [0.05, 0.1) is 5.69 Å². The van der Waals surface area contributed by atoms with Gasteiger partial charge in [-0.25, -0.2) is 0 Å². The van der Waals surface area contributed by atoms with Crippen molar-refractivity contribution in [3.8, 4) is 0 Å². The van der Waals surface area contributed by atoms with Gasteiger partial charge in [0.1, 0.15) is 11.3 Å². The van der Waals surface area contributed by atoms with Crippen molar-refractivity contribution >= 4 is 16.1 Å². The normalized spacial score (nSPS) is 17.0. The Kier molecular flexibility index (Phi) is 5.43. The summed E-state index contributed by atoms with van der Waals surface area (Å²) >= 11 is 0. The van der Waals surface area contributed by atoms with E-state index in [4.69, 9.17) is 4.52 Å². The number of rotatable bonds is 5. The first kappa shape index (κ1) is 17.9. The van der Waals surface area contributed by atoms with Crippen molar-refractivity contribution in [1.82, 2.24) is 18.7 Å². The van der Waals surface area contributed by atoms with Crippen LogP contribution in [0.25, 0.3) is 0 Å². The van der Waals surface area contributed by atoms with Crippen LogP contribution in [0.2, 0.25) is 0 Å². The topological polar surface area (TPSA) is 87.0 Å². The number of carbonyl (C=O) groups excluding carboxylic acids is 1. The number of piperazine rings is 1. The maximum absolute atomic E-state index is 12.6. The zero-order chi connectivity index (χ0) is 17.2. The second kappa shape index (κ2) is 6.98. The molecule has 1 aromatic heterocycles. The van der Waals surface area contributed by atoms with Crippen LogP contribution in [0, 0.1) is 13.8 Å². The summed E-state index contributed by atoms with van der Waals surface area (Å²) in [5.74, 6) is 0.340. The second-order valence-electron chi connectivity index (χ2n) is 5.48. The van der Waals surface area contributed by atoms with Gasteiger partial charge in [0, 0.05) is 39.3 Å². The van der Waals surface area contributed by atoms with Crippen molar-refractivity contribution in [3.63, 3.8) is 0 Å². The standard InChI is InChI=1S/C14H24N4O4S/c1-5-17(6-2)23(20,21)18-9-7-16(8-10-18)14(19)13-11(3)15-22-12(13)4/h5-10H2,1-4H3. The third kappa shape index (κ3) is 3.41. The third-order valence-corrected chi connectivity index (χ3v) is 6.32. The molecule has 1 aliphatic heterocycles. The Morgan fingerprint density at radius 1 is 1.17 bits per heavy atom. The number of amides is 1. The van der Waals surface area contributed by atoms with Crippen molar-refractivity contribution in [1.29, 1.82) is 0 Å². The van der Waals surface area contributed by atoms with Crippen LogP contribution < -0.4 is 0 Å². The average molecular weight is 344 g/mol. The van der Waals surface area contributed by atoms with E-state index >= 15 is 0 Å². The molecule has 0 saturated carbocycles. The van der Waals surface area contributed by atoms with E-state index in [0.717, 1.165) is 0 Å². The molecule has 2 heterocycles. The summed E-state index contributed by atoms with van der Waals surface area (Å²) in [5.41, 5.74) is 1.04. The predicted molar refractivity (Wildman–Crippen MR) is 85.3 cm³/mol. The predicted octanol–water partition coefficient (Wildman–Crippen LogP) is 0.636. The van der Waals surface area contributed by atoms with Gasteiger partial charge in [0.15, 0.2) is 0 Å². The van der Waals surface area contributed by atoms with Crippen molar-refractivity contribution in [2.24, 2.45) is 0 Å². The van der Waals surface area contributed by atoms with Crippen molar-refractivity contribution < 1.29 is 17.7 Å². The molecular formula is C14H24N4O4S. The third-order valence-electron chi connectivity index (χ3n) is 4.13. The van der Waals surface area contributed by atoms with Crippen LogP contribution >= 0.6 is 0 Å². The lowest BCUT2D eigenvalue weighted by Crippen LogP contribution is -2.54. The number of hydrogen-bond acceptors (Lipinski definition) is 5. The van der Waals surface area contributed by atoms with Gasteiger partial charge in [0.25, 0.3) is 16.1 Å². The molecule has 0 aromatic carbocycles. The highest BCUT2D eigenvalue weighted by Crippen LogP contribution is 2.18. The van der Waals surface area contributed by atoms with Crippen molar-refractivity contribution in [2.75, 3.05) is 39.3 Å². The highest BCUT2D eigenvalue weighted by molar-refractivity contribution is 7.86. The van der Waals surface area contributed by atoms with Gasteiger partial charge in [-0.2, -0.15) is 17.0 Å². The van der Waals surface area contributed by atoms with Gasteiger partial charge < -0.3 is 9.42 Å². The largest absolute Gasteiger partial charge is 0.361 e. The molecule has 1 aliphatic rings. The zero-order valence-corrected chi connectivity index (χ0v) is 14.9. The molecule has 0 N–H and O–H groups in total. The molecule has 8 nitrogen and oxygen atoms in total.